The van der Waals surface area contributed by atoms with E-state index in [1.54, 1.807) is 11.3 Å². The van der Waals surface area contributed by atoms with Crippen LogP contribution in [0.1, 0.15) is 27.5 Å². The van der Waals surface area contributed by atoms with Crippen molar-refractivity contribution in [3.63, 3.8) is 0 Å². The predicted octanol–water partition coefficient (Wildman–Crippen LogP) is 5.00. The molecular weight excluding hydrogens is 306 g/mol. The van der Waals surface area contributed by atoms with Gasteiger partial charge in [0.25, 0.3) is 0 Å². The minimum absolute atomic E-state index is 0.257. The normalized spacial score (nSPS) is 12.3. The van der Waals surface area contributed by atoms with Gasteiger partial charge in [-0.1, -0.05) is 54.8 Å². The third kappa shape index (κ3) is 3.47. The van der Waals surface area contributed by atoms with E-state index in [1.807, 2.05) is 6.08 Å². The number of aryl methyl sites for hydroxylation is 1. The number of hydrogen-bond donors (Lipinski definition) is 2. The molecule has 0 aliphatic heterocycles. The molecule has 0 saturated carbocycles. The van der Waals surface area contributed by atoms with Gasteiger partial charge in [-0.2, -0.15) is 0 Å². The molecule has 0 aliphatic rings. The average Bonchev–Trinajstić information content (AvgIpc) is 2.78. The first-order valence-corrected chi connectivity index (χ1v) is 8.13. The highest BCUT2D eigenvalue weighted by molar-refractivity contribution is 7.78. The zero-order valence-corrected chi connectivity index (χ0v) is 13.9. The second-order valence-electron chi connectivity index (χ2n) is 4.69. The van der Waals surface area contributed by atoms with Crippen LogP contribution in [0, 0.1) is 6.92 Å². The summed E-state index contributed by atoms with van der Waals surface area (Å²) in [7, 11) is 0. The van der Waals surface area contributed by atoms with E-state index in [2.05, 4.69) is 61.4 Å². The lowest BCUT2D eigenvalue weighted by atomic mass is 9.88. The van der Waals surface area contributed by atoms with Gasteiger partial charge in [0.1, 0.15) is 0 Å². The van der Waals surface area contributed by atoms with Gasteiger partial charge in [0.05, 0.1) is 4.34 Å². The molecule has 0 fully saturated rings. The summed E-state index contributed by atoms with van der Waals surface area (Å²) in [6.07, 6.45) is 2.77. The quantitative estimate of drug-likeness (QED) is 0.563. The van der Waals surface area contributed by atoms with Gasteiger partial charge >= 0.3 is 0 Å². The summed E-state index contributed by atoms with van der Waals surface area (Å²) in [6, 6.07) is 10.5. The molecule has 1 atom stereocenters. The molecule has 0 aliphatic carbocycles. The summed E-state index contributed by atoms with van der Waals surface area (Å²) in [5.74, 6) is 0.257. The Labute approximate surface area is 135 Å². The van der Waals surface area contributed by atoms with Crippen LogP contribution >= 0.6 is 35.8 Å². The number of rotatable bonds is 6. The Morgan fingerprint density at radius 2 is 2.15 bits per heavy atom. The third-order valence-corrected chi connectivity index (χ3v) is 4.86. The smallest absolute Gasteiger partial charge is 0.0934 e. The summed E-state index contributed by atoms with van der Waals surface area (Å²) < 4.78 is 3.83. The fourth-order valence-corrected chi connectivity index (χ4v) is 3.97. The Hall–Kier alpha value is -0.740. The largest absolute Gasteiger partial charge is 0.266 e. The van der Waals surface area contributed by atoms with E-state index in [0.29, 0.717) is 0 Å². The molecule has 1 heterocycles. The lowest BCUT2D eigenvalue weighted by molar-refractivity contribution is 0.776. The molecule has 0 saturated heterocycles. The zero-order valence-electron chi connectivity index (χ0n) is 11.4. The molecule has 0 amide bonds. The van der Waals surface area contributed by atoms with Crippen molar-refractivity contribution in [3.05, 3.63) is 68.9 Å². The van der Waals surface area contributed by atoms with Gasteiger partial charge in [-0.15, -0.1) is 17.9 Å². The lowest BCUT2D eigenvalue weighted by Crippen LogP contribution is -2.16. The van der Waals surface area contributed by atoms with Gasteiger partial charge in [0, 0.05) is 17.3 Å². The van der Waals surface area contributed by atoms with Gasteiger partial charge in [-0.05, 0) is 36.1 Å². The number of allylic oxidation sites excluding steroid dienone is 1. The van der Waals surface area contributed by atoms with Crippen molar-refractivity contribution in [3.8, 4) is 0 Å². The Bertz CT molecular complexity index is 592. The number of nitrogens with one attached hydrogen (secondary N) is 1. The van der Waals surface area contributed by atoms with Crippen LogP contribution in [0.2, 0.25) is 4.34 Å². The molecule has 0 bridgehead atoms. The maximum Gasteiger partial charge on any atom is 0.0934 e. The fraction of sp³-hybridized carbons (Fsp3) is 0.250. The predicted molar refractivity (Wildman–Crippen MR) is 93.2 cm³/mol. The maximum atomic E-state index is 6.22. The van der Waals surface area contributed by atoms with Crippen LogP contribution in [0.3, 0.4) is 0 Å². The number of halogens is 1. The summed E-state index contributed by atoms with van der Waals surface area (Å²) in [5, 5.41) is 0. The van der Waals surface area contributed by atoms with Crippen molar-refractivity contribution in [2.24, 2.45) is 0 Å². The van der Waals surface area contributed by atoms with Crippen LogP contribution < -0.4 is 4.72 Å². The van der Waals surface area contributed by atoms with E-state index in [-0.39, 0.29) is 5.92 Å². The minimum Gasteiger partial charge on any atom is -0.266 e. The van der Waals surface area contributed by atoms with E-state index in [9.17, 15) is 0 Å². The first-order chi connectivity index (χ1) is 9.67. The summed E-state index contributed by atoms with van der Waals surface area (Å²) in [4.78, 5) is 1.28. The molecule has 1 unspecified atom stereocenters. The molecule has 1 nitrogen and oxygen atoms in total. The summed E-state index contributed by atoms with van der Waals surface area (Å²) >= 11 is 12.0. The minimum atomic E-state index is 0.257. The molecule has 2 aromatic rings. The van der Waals surface area contributed by atoms with Crippen molar-refractivity contribution in [2.45, 2.75) is 19.3 Å². The van der Waals surface area contributed by atoms with Gasteiger partial charge < -0.3 is 0 Å². The van der Waals surface area contributed by atoms with Crippen molar-refractivity contribution < 1.29 is 0 Å². The van der Waals surface area contributed by atoms with Crippen LogP contribution in [0.15, 0.2) is 43.0 Å². The van der Waals surface area contributed by atoms with Crippen LogP contribution in [-0.2, 0) is 6.42 Å². The molecule has 1 aromatic heterocycles. The highest BCUT2D eigenvalue weighted by Gasteiger charge is 2.20. The number of thiol groups is 1. The molecule has 1 aromatic carbocycles. The highest BCUT2D eigenvalue weighted by atomic mass is 35.5. The Morgan fingerprint density at radius 3 is 2.80 bits per heavy atom. The molecule has 0 radical (unpaired) electrons. The van der Waals surface area contributed by atoms with Crippen LogP contribution in [0.5, 0.6) is 0 Å². The Balaban J connectivity index is 2.48. The van der Waals surface area contributed by atoms with Crippen LogP contribution in [0.4, 0.5) is 0 Å². The van der Waals surface area contributed by atoms with Gasteiger partial charge in [0.2, 0.25) is 0 Å². The van der Waals surface area contributed by atoms with Crippen LogP contribution in [0.25, 0.3) is 0 Å². The Kier molecular flexibility index (Phi) is 5.73. The van der Waals surface area contributed by atoms with Gasteiger partial charge in [0.15, 0.2) is 0 Å². The molecule has 20 heavy (non-hydrogen) atoms. The van der Waals surface area contributed by atoms with Gasteiger partial charge in [-0.3, -0.25) is 4.72 Å². The van der Waals surface area contributed by atoms with E-state index < -0.39 is 0 Å². The molecule has 2 rings (SSSR count). The molecule has 1 N–H and O–H groups in total. The molecule has 106 valence electrons. The summed E-state index contributed by atoms with van der Waals surface area (Å²) in [5.41, 5.74) is 3.87. The van der Waals surface area contributed by atoms with Gasteiger partial charge in [-0.25, -0.2) is 0 Å². The van der Waals surface area contributed by atoms with Crippen molar-refractivity contribution in [2.75, 3.05) is 6.54 Å². The monoisotopic (exact) mass is 323 g/mol. The maximum absolute atomic E-state index is 6.22. The van der Waals surface area contributed by atoms with Crippen molar-refractivity contribution in [1.29, 1.82) is 0 Å². The first-order valence-electron chi connectivity index (χ1n) is 6.48. The standard InChI is InChI=1S/C16H18ClNS2/c1-3-6-15-13(9-16(17)20-15)14(10-18-19)12-8-5-4-7-11(12)2/h3-5,7-9,14,18-19H,1,6,10H2,2H3. The van der Waals surface area contributed by atoms with Crippen molar-refractivity contribution in [1.82, 2.24) is 4.72 Å². The topological polar surface area (TPSA) is 12.0 Å². The SMILES string of the molecule is C=CCc1sc(Cl)cc1C(CNS)c1ccccc1C. The van der Waals surface area contributed by atoms with Crippen molar-refractivity contribution >= 4 is 35.8 Å². The highest BCUT2D eigenvalue weighted by Crippen LogP contribution is 2.36. The number of thiophene rings is 1. The van der Waals surface area contributed by atoms with E-state index in [0.717, 1.165) is 17.3 Å². The third-order valence-electron chi connectivity index (χ3n) is 3.38. The fourth-order valence-electron chi connectivity index (χ4n) is 2.45. The molecular formula is C16H18ClNS2. The lowest BCUT2D eigenvalue weighted by Gasteiger charge is -2.19. The van der Waals surface area contributed by atoms with E-state index in [1.165, 1.54) is 21.6 Å². The molecule has 4 heteroatoms. The van der Waals surface area contributed by atoms with Crippen LogP contribution in [-0.4, -0.2) is 6.54 Å². The second-order valence-corrected chi connectivity index (χ2v) is 6.78. The first kappa shape index (κ1) is 15.6. The van der Waals surface area contributed by atoms with E-state index >= 15 is 0 Å². The number of benzene rings is 1. The number of hydrogen-bond acceptors (Lipinski definition) is 3. The summed E-state index contributed by atoms with van der Waals surface area (Å²) in [6.45, 7) is 6.74. The Morgan fingerprint density at radius 1 is 1.40 bits per heavy atom. The molecule has 0 spiro atoms. The van der Waals surface area contributed by atoms with E-state index in [4.69, 9.17) is 11.6 Å². The second kappa shape index (κ2) is 7.32. The zero-order chi connectivity index (χ0) is 14.5. The average molecular weight is 324 g/mol.